The van der Waals surface area contributed by atoms with Crippen molar-refractivity contribution in [1.29, 1.82) is 0 Å². The lowest BCUT2D eigenvalue weighted by atomic mass is 10.1. The van der Waals surface area contributed by atoms with Crippen LogP contribution in [0.15, 0.2) is 12.1 Å². The second-order valence-electron chi connectivity index (χ2n) is 4.55. The maximum absolute atomic E-state index is 13.6. The Balaban J connectivity index is 1.83. The van der Waals surface area contributed by atoms with Crippen LogP contribution in [0.2, 0.25) is 0 Å². The van der Waals surface area contributed by atoms with E-state index in [1.807, 2.05) is 11.8 Å². The molecule has 3 rings (SSSR count). The normalized spacial score (nSPS) is 20.3. The predicted octanol–water partition coefficient (Wildman–Crippen LogP) is 2.24. The molecule has 0 bridgehead atoms. The molecule has 1 aromatic carbocycles. The molecular formula is C13H16FNO2S. The van der Waals surface area contributed by atoms with Gasteiger partial charge in [-0.15, -0.1) is 0 Å². The Morgan fingerprint density at radius 1 is 1.28 bits per heavy atom. The molecule has 0 saturated carbocycles. The highest BCUT2D eigenvalue weighted by Crippen LogP contribution is 2.30. The summed E-state index contributed by atoms with van der Waals surface area (Å²) in [6.07, 6.45) is 0. The van der Waals surface area contributed by atoms with Crippen molar-refractivity contribution in [3.8, 4) is 5.75 Å². The number of nitrogens with zero attached hydrogens (tertiary/aromatic N) is 1. The molecular weight excluding hydrogens is 253 g/mol. The van der Waals surface area contributed by atoms with Crippen LogP contribution in [0.3, 0.4) is 0 Å². The van der Waals surface area contributed by atoms with E-state index in [9.17, 15) is 4.39 Å². The highest BCUT2D eigenvalue weighted by Gasteiger charge is 2.19. The van der Waals surface area contributed by atoms with E-state index < -0.39 is 0 Å². The lowest BCUT2D eigenvalue weighted by molar-refractivity contribution is -0.0176. The molecule has 0 radical (unpaired) electrons. The van der Waals surface area contributed by atoms with Crippen molar-refractivity contribution < 1.29 is 13.9 Å². The number of benzene rings is 1. The summed E-state index contributed by atoms with van der Waals surface area (Å²) in [5.74, 6) is 2.92. The molecule has 2 aliphatic rings. The summed E-state index contributed by atoms with van der Waals surface area (Å²) in [5.41, 5.74) is 1.77. The molecule has 5 heteroatoms. The summed E-state index contributed by atoms with van der Waals surface area (Å²) in [6, 6.07) is 3.09. The van der Waals surface area contributed by atoms with Gasteiger partial charge in [0.2, 0.25) is 0 Å². The second-order valence-corrected chi connectivity index (χ2v) is 5.78. The van der Waals surface area contributed by atoms with Gasteiger partial charge in [0, 0.05) is 42.3 Å². The largest absolute Gasteiger partial charge is 0.467 e. The van der Waals surface area contributed by atoms with Crippen LogP contribution >= 0.6 is 11.8 Å². The van der Waals surface area contributed by atoms with E-state index in [4.69, 9.17) is 9.47 Å². The van der Waals surface area contributed by atoms with E-state index >= 15 is 0 Å². The number of thioether (sulfide) groups is 1. The van der Waals surface area contributed by atoms with Crippen molar-refractivity contribution in [3.63, 3.8) is 0 Å². The van der Waals surface area contributed by atoms with E-state index in [-0.39, 0.29) is 12.6 Å². The lowest BCUT2D eigenvalue weighted by Gasteiger charge is -2.28. The molecule has 0 N–H and O–H groups in total. The maximum Gasteiger partial charge on any atom is 0.189 e. The van der Waals surface area contributed by atoms with Crippen LogP contribution in [0.5, 0.6) is 5.75 Å². The SMILES string of the molecule is Fc1cc2c(c(CN3CCSCC3)c1)OCOC2. The first-order chi connectivity index (χ1) is 8.83. The number of fused-ring (bicyclic) bond motifs is 1. The lowest BCUT2D eigenvalue weighted by Crippen LogP contribution is -2.32. The third-order valence-corrected chi connectivity index (χ3v) is 4.19. The Morgan fingerprint density at radius 3 is 2.94 bits per heavy atom. The molecule has 1 aromatic rings. The van der Waals surface area contributed by atoms with Gasteiger partial charge >= 0.3 is 0 Å². The average molecular weight is 269 g/mol. The summed E-state index contributed by atoms with van der Waals surface area (Å²) < 4.78 is 24.3. The van der Waals surface area contributed by atoms with Gasteiger partial charge in [0.05, 0.1) is 6.61 Å². The molecule has 18 heavy (non-hydrogen) atoms. The number of hydrogen-bond acceptors (Lipinski definition) is 4. The van der Waals surface area contributed by atoms with E-state index in [1.165, 1.54) is 6.07 Å². The number of halogens is 1. The van der Waals surface area contributed by atoms with Crippen molar-refractivity contribution in [2.45, 2.75) is 13.2 Å². The van der Waals surface area contributed by atoms with Gasteiger partial charge < -0.3 is 9.47 Å². The van der Waals surface area contributed by atoms with Crippen LogP contribution in [-0.4, -0.2) is 36.3 Å². The van der Waals surface area contributed by atoms with Crippen molar-refractivity contribution in [2.75, 3.05) is 31.4 Å². The summed E-state index contributed by atoms with van der Waals surface area (Å²) in [5, 5.41) is 0. The monoisotopic (exact) mass is 269 g/mol. The summed E-state index contributed by atoms with van der Waals surface area (Å²) in [4.78, 5) is 2.35. The van der Waals surface area contributed by atoms with Gasteiger partial charge in [-0.05, 0) is 12.1 Å². The minimum absolute atomic E-state index is 0.204. The zero-order chi connectivity index (χ0) is 12.4. The molecule has 2 aliphatic heterocycles. The Hall–Kier alpha value is -0.780. The van der Waals surface area contributed by atoms with Gasteiger partial charge in [0.15, 0.2) is 6.79 Å². The van der Waals surface area contributed by atoms with Crippen LogP contribution in [0.4, 0.5) is 4.39 Å². The minimum atomic E-state index is -0.204. The van der Waals surface area contributed by atoms with Gasteiger partial charge in [0.1, 0.15) is 11.6 Å². The fraction of sp³-hybridized carbons (Fsp3) is 0.538. The van der Waals surface area contributed by atoms with E-state index in [0.29, 0.717) is 6.61 Å². The third-order valence-electron chi connectivity index (χ3n) is 3.25. The summed E-state index contributed by atoms with van der Waals surface area (Å²) in [7, 11) is 0. The molecule has 0 atom stereocenters. The molecule has 0 aromatic heterocycles. The maximum atomic E-state index is 13.6. The summed E-state index contributed by atoms with van der Waals surface area (Å²) >= 11 is 1.97. The fourth-order valence-electron chi connectivity index (χ4n) is 2.37. The molecule has 0 spiro atoms. The Morgan fingerprint density at radius 2 is 2.11 bits per heavy atom. The van der Waals surface area contributed by atoms with Gasteiger partial charge in [-0.3, -0.25) is 4.90 Å². The first-order valence-corrected chi connectivity index (χ1v) is 7.30. The van der Waals surface area contributed by atoms with Gasteiger partial charge in [-0.25, -0.2) is 4.39 Å². The quantitative estimate of drug-likeness (QED) is 0.821. The smallest absolute Gasteiger partial charge is 0.189 e. The second kappa shape index (κ2) is 5.47. The molecule has 98 valence electrons. The number of ether oxygens (including phenoxy) is 2. The van der Waals surface area contributed by atoms with Crippen LogP contribution in [0, 0.1) is 5.82 Å². The average Bonchev–Trinajstić information content (AvgIpc) is 2.40. The van der Waals surface area contributed by atoms with Crippen molar-refractivity contribution in [1.82, 2.24) is 4.90 Å². The standard InChI is InChI=1S/C13H16FNO2S/c14-12-5-10(7-15-1-3-18-4-2-15)13-11(6-12)8-16-9-17-13/h5-6H,1-4,7-9H2. The van der Waals surface area contributed by atoms with Crippen LogP contribution in [0.25, 0.3) is 0 Å². The highest BCUT2D eigenvalue weighted by atomic mass is 32.2. The van der Waals surface area contributed by atoms with E-state index in [0.717, 1.165) is 48.0 Å². The van der Waals surface area contributed by atoms with Gasteiger partial charge in [-0.2, -0.15) is 11.8 Å². The topological polar surface area (TPSA) is 21.7 Å². The minimum Gasteiger partial charge on any atom is -0.467 e. The Bertz CT molecular complexity index is 435. The van der Waals surface area contributed by atoms with Crippen molar-refractivity contribution in [2.24, 2.45) is 0 Å². The van der Waals surface area contributed by atoms with Crippen LogP contribution < -0.4 is 4.74 Å². The Labute approximate surface area is 110 Å². The third kappa shape index (κ3) is 2.63. The predicted molar refractivity (Wildman–Crippen MR) is 69.3 cm³/mol. The molecule has 0 aliphatic carbocycles. The molecule has 2 heterocycles. The van der Waals surface area contributed by atoms with Gasteiger partial charge in [0.25, 0.3) is 0 Å². The molecule has 1 fully saturated rings. The Kier molecular flexibility index (Phi) is 3.72. The zero-order valence-corrected chi connectivity index (χ0v) is 11.0. The van der Waals surface area contributed by atoms with E-state index in [2.05, 4.69) is 4.90 Å². The number of rotatable bonds is 2. The fourth-order valence-corrected chi connectivity index (χ4v) is 3.35. The zero-order valence-electron chi connectivity index (χ0n) is 10.2. The molecule has 1 saturated heterocycles. The number of hydrogen-bond donors (Lipinski definition) is 0. The molecule has 3 nitrogen and oxygen atoms in total. The van der Waals surface area contributed by atoms with Crippen LogP contribution in [-0.2, 0) is 17.9 Å². The summed E-state index contributed by atoms with van der Waals surface area (Å²) in [6.45, 7) is 3.59. The van der Waals surface area contributed by atoms with Crippen molar-refractivity contribution >= 4 is 11.8 Å². The first-order valence-electron chi connectivity index (χ1n) is 6.15. The van der Waals surface area contributed by atoms with Gasteiger partial charge in [-0.1, -0.05) is 0 Å². The van der Waals surface area contributed by atoms with E-state index in [1.54, 1.807) is 6.07 Å². The van der Waals surface area contributed by atoms with Crippen molar-refractivity contribution in [3.05, 3.63) is 29.1 Å². The first kappa shape index (κ1) is 12.3. The van der Waals surface area contributed by atoms with Crippen LogP contribution in [0.1, 0.15) is 11.1 Å². The molecule has 0 unspecified atom stereocenters. The molecule has 0 amide bonds. The highest BCUT2D eigenvalue weighted by molar-refractivity contribution is 7.99.